The molecule has 6 heteroatoms. The lowest BCUT2D eigenvalue weighted by atomic mass is 10.0. The van der Waals surface area contributed by atoms with Crippen LogP contribution >= 0.6 is 0 Å². The summed E-state index contributed by atoms with van der Waals surface area (Å²) in [7, 11) is 0. The van der Waals surface area contributed by atoms with Crippen LogP contribution < -0.4 is 10.1 Å². The van der Waals surface area contributed by atoms with Gasteiger partial charge >= 0.3 is 5.97 Å². The Morgan fingerprint density at radius 2 is 1.46 bits per heavy atom. The summed E-state index contributed by atoms with van der Waals surface area (Å²) in [5.41, 5.74) is 3.06. The minimum absolute atomic E-state index is 0.0217. The molecule has 176 valence electrons. The van der Waals surface area contributed by atoms with Crippen molar-refractivity contribution in [1.29, 1.82) is 0 Å². The molecule has 6 nitrogen and oxygen atoms in total. The van der Waals surface area contributed by atoms with Gasteiger partial charge < -0.3 is 14.8 Å². The standard InChI is InChI=1S/C29H26N2O4/c32-28(35-20-22-14-16-26(17-15-22)34-21-25-13-7-8-18-30-25)19-27(23-9-3-1-4-10-23)31-29(33)24-11-5-2-6-12-24/h1-18,27H,19-21H2,(H,31,33). The number of ether oxygens (including phenoxy) is 2. The lowest BCUT2D eigenvalue weighted by Gasteiger charge is -2.19. The van der Waals surface area contributed by atoms with Gasteiger partial charge in [0.25, 0.3) is 5.91 Å². The maximum absolute atomic E-state index is 12.7. The number of nitrogens with one attached hydrogen (secondary N) is 1. The summed E-state index contributed by atoms with van der Waals surface area (Å²) in [6, 6.07) is 30.9. The van der Waals surface area contributed by atoms with Crippen molar-refractivity contribution in [1.82, 2.24) is 10.3 Å². The number of hydrogen-bond acceptors (Lipinski definition) is 5. The Morgan fingerprint density at radius 1 is 0.771 bits per heavy atom. The molecule has 35 heavy (non-hydrogen) atoms. The minimum atomic E-state index is -0.501. The third-order valence-electron chi connectivity index (χ3n) is 5.35. The van der Waals surface area contributed by atoms with Crippen LogP contribution in [0.25, 0.3) is 0 Å². The number of pyridine rings is 1. The second-order valence-corrected chi connectivity index (χ2v) is 7.92. The van der Waals surface area contributed by atoms with E-state index in [2.05, 4.69) is 10.3 Å². The number of esters is 1. The number of carbonyl (C=O) groups excluding carboxylic acids is 2. The van der Waals surface area contributed by atoms with Gasteiger partial charge in [0.2, 0.25) is 0 Å². The van der Waals surface area contributed by atoms with Gasteiger partial charge in [0.1, 0.15) is 19.0 Å². The van der Waals surface area contributed by atoms with Crippen LogP contribution in [0, 0.1) is 0 Å². The highest BCUT2D eigenvalue weighted by molar-refractivity contribution is 5.94. The Kier molecular flexibility index (Phi) is 8.22. The summed E-state index contributed by atoms with van der Waals surface area (Å²) in [4.78, 5) is 29.6. The van der Waals surface area contributed by atoms with E-state index in [1.807, 2.05) is 78.9 Å². The van der Waals surface area contributed by atoms with E-state index in [1.165, 1.54) is 0 Å². The Balaban J connectivity index is 1.31. The van der Waals surface area contributed by atoms with Crippen molar-refractivity contribution in [2.24, 2.45) is 0 Å². The molecule has 4 rings (SSSR count). The van der Waals surface area contributed by atoms with Crippen molar-refractivity contribution in [3.8, 4) is 5.75 Å². The van der Waals surface area contributed by atoms with E-state index in [1.54, 1.807) is 30.5 Å². The monoisotopic (exact) mass is 466 g/mol. The van der Waals surface area contributed by atoms with Gasteiger partial charge in [-0.2, -0.15) is 0 Å². The molecule has 1 heterocycles. The first-order valence-electron chi connectivity index (χ1n) is 11.4. The normalized spacial score (nSPS) is 11.3. The summed E-state index contributed by atoms with van der Waals surface area (Å²) < 4.78 is 11.2. The van der Waals surface area contributed by atoms with Crippen molar-refractivity contribution < 1.29 is 19.1 Å². The highest BCUT2D eigenvalue weighted by Gasteiger charge is 2.20. The van der Waals surface area contributed by atoms with E-state index < -0.39 is 12.0 Å². The quantitative estimate of drug-likeness (QED) is 0.322. The zero-order valence-electron chi connectivity index (χ0n) is 19.2. The SMILES string of the molecule is O=C(CC(NC(=O)c1ccccc1)c1ccccc1)OCc1ccc(OCc2ccccn2)cc1. The fraction of sp³-hybridized carbons (Fsp3) is 0.138. The van der Waals surface area contributed by atoms with E-state index in [9.17, 15) is 9.59 Å². The van der Waals surface area contributed by atoms with Gasteiger partial charge in [-0.3, -0.25) is 14.6 Å². The van der Waals surface area contributed by atoms with E-state index >= 15 is 0 Å². The second-order valence-electron chi connectivity index (χ2n) is 7.92. The highest BCUT2D eigenvalue weighted by atomic mass is 16.5. The van der Waals surface area contributed by atoms with Crippen LogP contribution in [0.15, 0.2) is 109 Å². The maximum Gasteiger partial charge on any atom is 0.308 e. The van der Waals surface area contributed by atoms with Gasteiger partial charge in [0.15, 0.2) is 0 Å². The lowest BCUT2D eigenvalue weighted by molar-refractivity contribution is -0.145. The van der Waals surface area contributed by atoms with Crippen LogP contribution in [0.3, 0.4) is 0 Å². The largest absolute Gasteiger partial charge is 0.487 e. The predicted molar refractivity (Wildman–Crippen MR) is 133 cm³/mol. The molecule has 0 aliphatic carbocycles. The molecule has 0 spiro atoms. The molecule has 1 N–H and O–H groups in total. The van der Waals surface area contributed by atoms with Gasteiger partial charge in [-0.1, -0.05) is 66.7 Å². The number of rotatable bonds is 10. The third kappa shape index (κ3) is 7.27. The van der Waals surface area contributed by atoms with Crippen LogP contribution in [-0.4, -0.2) is 16.9 Å². The summed E-state index contributed by atoms with van der Waals surface area (Å²) >= 11 is 0. The number of carbonyl (C=O) groups is 2. The molecule has 0 aliphatic heterocycles. The molecule has 0 fully saturated rings. The summed E-state index contributed by atoms with van der Waals surface area (Å²) in [6.07, 6.45) is 1.75. The van der Waals surface area contributed by atoms with Gasteiger partial charge in [-0.15, -0.1) is 0 Å². The van der Waals surface area contributed by atoms with E-state index in [-0.39, 0.29) is 18.9 Å². The molecule has 1 atom stereocenters. The van der Waals surface area contributed by atoms with E-state index in [0.717, 1.165) is 16.8 Å². The summed E-state index contributed by atoms with van der Waals surface area (Å²) in [5.74, 6) is 0.0646. The van der Waals surface area contributed by atoms with Crippen LogP contribution in [0.5, 0.6) is 5.75 Å². The lowest BCUT2D eigenvalue weighted by Crippen LogP contribution is -2.30. The average Bonchev–Trinajstić information content (AvgIpc) is 2.92. The second kappa shape index (κ2) is 12.1. The molecule has 0 saturated carbocycles. The Labute approximate surface area is 204 Å². The van der Waals surface area contributed by atoms with Crippen molar-refractivity contribution in [3.05, 3.63) is 132 Å². The predicted octanol–water partition coefficient (Wildman–Crippen LogP) is 5.27. The van der Waals surface area contributed by atoms with Gasteiger partial charge in [-0.05, 0) is 47.5 Å². The van der Waals surface area contributed by atoms with Crippen LogP contribution in [0.2, 0.25) is 0 Å². The molecule has 4 aromatic rings. The number of amides is 1. The van der Waals surface area contributed by atoms with Crippen molar-refractivity contribution in [3.63, 3.8) is 0 Å². The number of benzene rings is 3. The van der Waals surface area contributed by atoms with Crippen LogP contribution in [0.1, 0.15) is 39.6 Å². The van der Waals surface area contributed by atoms with Crippen molar-refractivity contribution in [2.45, 2.75) is 25.7 Å². The molecular formula is C29H26N2O4. The van der Waals surface area contributed by atoms with Gasteiger partial charge in [-0.25, -0.2) is 0 Å². The fourth-order valence-corrected chi connectivity index (χ4v) is 3.48. The Bertz CT molecular complexity index is 1210. The first-order valence-corrected chi connectivity index (χ1v) is 11.4. The smallest absolute Gasteiger partial charge is 0.308 e. The average molecular weight is 467 g/mol. The zero-order chi connectivity index (χ0) is 24.3. The first-order chi connectivity index (χ1) is 17.2. The zero-order valence-corrected chi connectivity index (χ0v) is 19.2. The molecule has 0 bridgehead atoms. The molecule has 0 aliphatic rings. The van der Waals surface area contributed by atoms with Crippen LogP contribution in [0.4, 0.5) is 0 Å². The topological polar surface area (TPSA) is 77.5 Å². The first kappa shape index (κ1) is 23.7. The number of aromatic nitrogens is 1. The maximum atomic E-state index is 12.7. The van der Waals surface area contributed by atoms with Gasteiger partial charge in [0.05, 0.1) is 18.2 Å². The summed E-state index contributed by atoms with van der Waals surface area (Å²) in [5, 5.41) is 2.95. The minimum Gasteiger partial charge on any atom is -0.487 e. The van der Waals surface area contributed by atoms with Gasteiger partial charge in [0, 0.05) is 11.8 Å². The molecule has 3 aromatic carbocycles. The van der Waals surface area contributed by atoms with E-state index in [0.29, 0.717) is 17.9 Å². The Morgan fingerprint density at radius 3 is 2.14 bits per heavy atom. The molecule has 1 unspecified atom stereocenters. The highest BCUT2D eigenvalue weighted by Crippen LogP contribution is 2.19. The molecule has 0 saturated heterocycles. The molecule has 1 aromatic heterocycles. The molecular weight excluding hydrogens is 440 g/mol. The third-order valence-corrected chi connectivity index (χ3v) is 5.35. The van der Waals surface area contributed by atoms with Crippen molar-refractivity contribution >= 4 is 11.9 Å². The Hall–Kier alpha value is -4.45. The van der Waals surface area contributed by atoms with E-state index in [4.69, 9.17) is 9.47 Å². The molecule has 1 amide bonds. The van der Waals surface area contributed by atoms with Crippen LogP contribution in [-0.2, 0) is 22.7 Å². The fourth-order valence-electron chi connectivity index (χ4n) is 3.48. The molecule has 0 radical (unpaired) electrons. The summed E-state index contributed by atoms with van der Waals surface area (Å²) in [6.45, 7) is 0.512. The number of hydrogen-bond donors (Lipinski definition) is 1. The van der Waals surface area contributed by atoms with Crippen molar-refractivity contribution in [2.75, 3.05) is 0 Å². The number of nitrogens with zero attached hydrogens (tertiary/aromatic N) is 1.